The monoisotopic (exact) mass is 273 g/mol. The van der Waals surface area contributed by atoms with E-state index in [0.717, 1.165) is 0 Å². The number of rotatable bonds is 1. The molecule has 0 saturated carbocycles. The molecule has 1 rings (SSSR count). The Morgan fingerprint density at radius 2 is 2.00 bits per heavy atom. The van der Waals surface area contributed by atoms with Crippen LogP contribution in [0.1, 0.15) is 5.56 Å². The molecule has 0 aromatic heterocycles. The van der Waals surface area contributed by atoms with Gasteiger partial charge in [-0.1, -0.05) is 6.07 Å². The van der Waals surface area contributed by atoms with Crippen LogP contribution in [0.15, 0.2) is 24.3 Å². The molecule has 0 aliphatic carbocycles. The van der Waals surface area contributed by atoms with E-state index < -0.39 is 18.2 Å². The number of benzene rings is 1. The third-order valence-corrected chi connectivity index (χ3v) is 1.72. The van der Waals surface area contributed by atoms with Crippen molar-refractivity contribution in [3.05, 3.63) is 29.8 Å². The summed E-state index contributed by atoms with van der Waals surface area (Å²) in [5.74, 6) is -2.55. The van der Waals surface area contributed by atoms with Crippen molar-refractivity contribution in [1.82, 2.24) is 5.48 Å². The molecule has 2 N–H and O–H groups in total. The number of nitriles is 1. The Labute approximate surface area is 104 Å². The van der Waals surface area contributed by atoms with Gasteiger partial charge >= 0.3 is 18.2 Å². The van der Waals surface area contributed by atoms with Crippen molar-refractivity contribution in [2.45, 2.75) is 6.18 Å². The van der Waals surface area contributed by atoms with E-state index in [1.807, 2.05) is 0 Å². The molecule has 19 heavy (non-hydrogen) atoms. The van der Waals surface area contributed by atoms with Gasteiger partial charge < -0.3 is 10.2 Å². The standard InChI is InChI=1S/C10H6F3N3O3/c11-10(12,13)8(17)19-16-9(18)15-7-3-1-2-6(4-7)5-14/h1-4H,(H2,15,16,18). The Hall–Kier alpha value is -2.76. The van der Waals surface area contributed by atoms with E-state index in [4.69, 9.17) is 5.26 Å². The molecule has 1 aromatic rings. The topological polar surface area (TPSA) is 91.2 Å². The summed E-state index contributed by atoms with van der Waals surface area (Å²) in [5.41, 5.74) is 1.67. The van der Waals surface area contributed by atoms with Crippen molar-refractivity contribution in [1.29, 1.82) is 5.26 Å². The largest absolute Gasteiger partial charge is 0.493 e. The van der Waals surface area contributed by atoms with E-state index >= 15 is 0 Å². The first kappa shape index (κ1) is 14.3. The summed E-state index contributed by atoms with van der Waals surface area (Å²) < 4.78 is 35.2. The van der Waals surface area contributed by atoms with Crippen LogP contribution in [0.3, 0.4) is 0 Å². The zero-order valence-corrected chi connectivity index (χ0v) is 9.12. The predicted octanol–water partition coefficient (Wildman–Crippen LogP) is 1.70. The van der Waals surface area contributed by atoms with Crippen LogP contribution < -0.4 is 10.8 Å². The van der Waals surface area contributed by atoms with Crippen LogP contribution >= 0.6 is 0 Å². The Morgan fingerprint density at radius 3 is 2.58 bits per heavy atom. The van der Waals surface area contributed by atoms with E-state index in [1.54, 1.807) is 6.07 Å². The average molecular weight is 273 g/mol. The van der Waals surface area contributed by atoms with Crippen molar-refractivity contribution in [2.24, 2.45) is 0 Å². The van der Waals surface area contributed by atoms with Crippen molar-refractivity contribution in [2.75, 3.05) is 5.32 Å². The average Bonchev–Trinajstić information content (AvgIpc) is 2.35. The van der Waals surface area contributed by atoms with E-state index in [-0.39, 0.29) is 11.3 Å². The third kappa shape index (κ3) is 4.55. The van der Waals surface area contributed by atoms with Crippen LogP contribution in [-0.4, -0.2) is 18.2 Å². The van der Waals surface area contributed by atoms with Crippen molar-refractivity contribution >= 4 is 17.7 Å². The molecule has 0 bridgehead atoms. The van der Waals surface area contributed by atoms with Crippen LogP contribution in [0.4, 0.5) is 23.7 Å². The minimum atomic E-state index is -5.20. The number of hydroxylamine groups is 1. The summed E-state index contributed by atoms with van der Waals surface area (Å²) in [7, 11) is 0. The molecule has 0 saturated heterocycles. The Kier molecular flexibility index (Phi) is 4.31. The van der Waals surface area contributed by atoms with Gasteiger partial charge in [0.1, 0.15) is 0 Å². The van der Waals surface area contributed by atoms with Crippen molar-refractivity contribution < 1.29 is 27.6 Å². The van der Waals surface area contributed by atoms with E-state index in [9.17, 15) is 22.8 Å². The predicted molar refractivity (Wildman–Crippen MR) is 55.5 cm³/mol. The summed E-state index contributed by atoms with van der Waals surface area (Å²) in [5, 5.41) is 10.7. The second-order valence-electron chi connectivity index (χ2n) is 3.14. The smallest absolute Gasteiger partial charge is 0.331 e. The molecule has 0 heterocycles. The van der Waals surface area contributed by atoms with Gasteiger partial charge in [0.05, 0.1) is 11.6 Å². The quantitative estimate of drug-likeness (QED) is 0.762. The molecule has 0 radical (unpaired) electrons. The number of hydrogen-bond acceptors (Lipinski definition) is 4. The molecule has 0 aliphatic heterocycles. The number of nitrogens with one attached hydrogen (secondary N) is 2. The number of halogens is 3. The normalized spacial score (nSPS) is 10.2. The summed E-state index contributed by atoms with van der Waals surface area (Å²) in [6, 6.07) is 6.21. The lowest BCUT2D eigenvalue weighted by molar-refractivity contribution is -0.204. The highest BCUT2D eigenvalue weighted by molar-refractivity contribution is 5.89. The van der Waals surface area contributed by atoms with E-state index in [1.165, 1.54) is 29.7 Å². The van der Waals surface area contributed by atoms with Crippen LogP contribution in [0.25, 0.3) is 0 Å². The minimum absolute atomic E-state index is 0.152. The molecular formula is C10H6F3N3O3. The Balaban J connectivity index is 2.52. The summed E-state index contributed by atoms with van der Waals surface area (Å²) >= 11 is 0. The number of hydrogen-bond donors (Lipinski definition) is 2. The number of nitrogens with zero attached hydrogens (tertiary/aromatic N) is 1. The Morgan fingerprint density at radius 1 is 1.32 bits per heavy atom. The second kappa shape index (κ2) is 5.72. The lowest BCUT2D eigenvalue weighted by atomic mass is 10.2. The van der Waals surface area contributed by atoms with Gasteiger partial charge in [0, 0.05) is 5.69 Å². The molecule has 1 aromatic carbocycles. The molecule has 2 amide bonds. The van der Waals surface area contributed by atoms with Gasteiger partial charge in [-0.25, -0.2) is 9.59 Å². The zero-order valence-electron chi connectivity index (χ0n) is 9.12. The van der Waals surface area contributed by atoms with Crippen LogP contribution in [0.5, 0.6) is 0 Å². The number of carbonyl (C=O) groups is 2. The third-order valence-electron chi connectivity index (χ3n) is 1.72. The van der Waals surface area contributed by atoms with E-state index in [2.05, 4.69) is 10.2 Å². The summed E-state index contributed by atoms with van der Waals surface area (Å²) in [6.07, 6.45) is -5.20. The highest BCUT2D eigenvalue weighted by atomic mass is 19.4. The van der Waals surface area contributed by atoms with Crippen molar-refractivity contribution in [3.8, 4) is 6.07 Å². The first-order valence-corrected chi connectivity index (χ1v) is 4.68. The van der Waals surface area contributed by atoms with Crippen LogP contribution in [0.2, 0.25) is 0 Å². The molecule has 9 heteroatoms. The van der Waals surface area contributed by atoms with Gasteiger partial charge in [-0.15, -0.1) is 0 Å². The fourth-order valence-electron chi connectivity index (χ4n) is 0.974. The second-order valence-corrected chi connectivity index (χ2v) is 3.14. The highest BCUT2D eigenvalue weighted by Crippen LogP contribution is 2.15. The molecule has 0 aliphatic rings. The molecule has 0 atom stereocenters. The number of urea groups is 1. The zero-order chi connectivity index (χ0) is 14.5. The van der Waals surface area contributed by atoms with Gasteiger partial charge in [-0.2, -0.15) is 23.9 Å². The van der Waals surface area contributed by atoms with Gasteiger partial charge in [-0.05, 0) is 18.2 Å². The lowest BCUT2D eigenvalue weighted by Crippen LogP contribution is -2.36. The fourth-order valence-corrected chi connectivity index (χ4v) is 0.974. The first-order chi connectivity index (χ1) is 8.82. The van der Waals surface area contributed by atoms with Crippen molar-refractivity contribution in [3.63, 3.8) is 0 Å². The number of carbonyl (C=O) groups excluding carboxylic acids is 2. The first-order valence-electron chi connectivity index (χ1n) is 4.68. The Bertz CT molecular complexity index is 537. The van der Waals surface area contributed by atoms with E-state index in [0.29, 0.717) is 0 Å². The number of anilines is 1. The number of alkyl halides is 3. The van der Waals surface area contributed by atoms with Crippen LogP contribution in [0, 0.1) is 11.3 Å². The highest BCUT2D eigenvalue weighted by Gasteiger charge is 2.41. The molecular weight excluding hydrogens is 267 g/mol. The SMILES string of the molecule is N#Cc1cccc(NC(=O)NOC(=O)C(F)(F)F)c1. The minimum Gasteiger partial charge on any atom is -0.331 e. The van der Waals surface area contributed by atoms with Crippen LogP contribution in [-0.2, 0) is 9.63 Å². The van der Waals surface area contributed by atoms with Gasteiger partial charge in [0.2, 0.25) is 0 Å². The molecule has 0 spiro atoms. The summed E-state index contributed by atoms with van der Waals surface area (Å²) in [4.78, 5) is 24.9. The van der Waals surface area contributed by atoms with Gasteiger partial charge in [-0.3, -0.25) is 0 Å². The summed E-state index contributed by atoms with van der Waals surface area (Å²) in [6.45, 7) is 0. The molecule has 6 nitrogen and oxygen atoms in total. The molecule has 0 fully saturated rings. The molecule has 100 valence electrons. The molecule has 0 unspecified atom stereocenters. The van der Waals surface area contributed by atoms with Gasteiger partial charge in [0.25, 0.3) is 0 Å². The number of amides is 2. The lowest BCUT2D eigenvalue weighted by Gasteiger charge is -2.08. The fraction of sp³-hybridized carbons (Fsp3) is 0.100. The maximum absolute atomic E-state index is 11.7. The maximum atomic E-state index is 11.7. The van der Waals surface area contributed by atoms with Gasteiger partial charge in [0.15, 0.2) is 0 Å². The maximum Gasteiger partial charge on any atom is 0.493 e.